The topological polar surface area (TPSA) is 52.1 Å². The normalized spacial score (nSPS) is 25.6. The van der Waals surface area contributed by atoms with Gasteiger partial charge in [0.1, 0.15) is 11.4 Å². The van der Waals surface area contributed by atoms with Gasteiger partial charge in [0.15, 0.2) is 8.68 Å². The largest absolute Gasteiger partial charge is 0.462 e. The van der Waals surface area contributed by atoms with Crippen LogP contribution in [0.15, 0.2) is 8.68 Å². The van der Waals surface area contributed by atoms with E-state index in [1.165, 1.54) is 23.1 Å². The van der Waals surface area contributed by atoms with Gasteiger partial charge in [-0.2, -0.15) is 0 Å². The molecule has 0 N–H and O–H groups in total. The van der Waals surface area contributed by atoms with Gasteiger partial charge < -0.3 is 4.74 Å². The molecule has 1 fully saturated rings. The van der Waals surface area contributed by atoms with Crippen LogP contribution in [0.5, 0.6) is 0 Å². The highest BCUT2D eigenvalue weighted by Gasteiger charge is 2.33. The summed E-state index contributed by atoms with van der Waals surface area (Å²) in [6, 6.07) is 0. The first-order chi connectivity index (χ1) is 7.19. The Hall–Kier alpha value is -0.270. The number of rotatable bonds is 3. The van der Waals surface area contributed by atoms with E-state index >= 15 is 0 Å². The monoisotopic (exact) mass is 262 g/mol. The average molecular weight is 262 g/mol. The Balaban J connectivity index is 1.99. The molecule has 2 rings (SSSR count). The summed E-state index contributed by atoms with van der Waals surface area (Å²) in [6.45, 7) is 1.91. The van der Waals surface area contributed by atoms with Crippen molar-refractivity contribution in [2.75, 3.05) is 6.26 Å². The van der Waals surface area contributed by atoms with Gasteiger partial charge in [0.05, 0.1) is 0 Å². The van der Waals surface area contributed by atoms with Crippen molar-refractivity contribution in [3.63, 3.8) is 0 Å². The summed E-state index contributed by atoms with van der Waals surface area (Å²) in [4.78, 5) is 11.4. The first-order valence-corrected chi connectivity index (χ1v) is 7.36. The fourth-order valence-corrected chi connectivity index (χ4v) is 4.06. The van der Waals surface area contributed by atoms with Crippen molar-refractivity contribution in [2.24, 2.45) is 0 Å². The van der Waals surface area contributed by atoms with Gasteiger partial charge in [-0.15, -0.1) is 10.2 Å². The Labute approximate surface area is 100 Å². The molecule has 15 heavy (non-hydrogen) atoms. The van der Waals surface area contributed by atoms with Crippen molar-refractivity contribution in [3.8, 4) is 0 Å². The molecule has 1 aromatic heterocycles. The van der Waals surface area contributed by atoms with E-state index in [0.29, 0.717) is 0 Å². The molecule has 0 aromatic carbocycles. The molecule has 4 nitrogen and oxygen atoms in total. The second kappa shape index (κ2) is 4.71. The standard InChI is InChI=1S/C8H10N2O2S3/c1-4-3-5(6(11)12-4)14-8-10-9-7(13-2)15-8/h4-5H,3H2,1-2H3/t4-,5-/m0/s1. The van der Waals surface area contributed by atoms with Crippen LogP contribution >= 0.6 is 34.9 Å². The third kappa shape index (κ3) is 2.64. The van der Waals surface area contributed by atoms with E-state index in [1.54, 1.807) is 11.8 Å². The molecular formula is C8H10N2O2S3. The highest BCUT2D eigenvalue weighted by molar-refractivity contribution is 8.03. The summed E-state index contributed by atoms with van der Waals surface area (Å²) < 4.78 is 6.84. The number of esters is 1. The maximum atomic E-state index is 11.4. The summed E-state index contributed by atoms with van der Waals surface area (Å²) in [5.41, 5.74) is 0. The number of thioether (sulfide) groups is 2. The summed E-state index contributed by atoms with van der Waals surface area (Å²) in [5.74, 6) is -0.131. The summed E-state index contributed by atoms with van der Waals surface area (Å²) >= 11 is 4.54. The zero-order valence-electron chi connectivity index (χ0n) is 8.30. The smallest absolute Gasteiger partial charge is 0.319 e. The lowest BCUT2D eigenvalue weighted by Crippen LogP contribution is -2.08. The van der Waals surface area contributed by atoms with Gasteiger partial charge in [0.25, 0.3) is 0 Å². The molecule has 0 spiro atoms. The third-order valence-corrected chi connectivity index (χ3v) is 5.12. The lowest BCUT2D eigenvalue weighted by atomic mass is 10.3. The summed E-state index contributed by atoms with van der Waals surface area (Å²) in [7, 11) is 0. The lowest BCUT2D eigenvalue weighted by Gasteiger charge is -1.99. The van der Waals surface area contributed by atoms with Gasteiger partial charge in [0.2, 0.25) is 0 Å². The number of hydrogen-bond donors (Lipinski definition) is 0. The third-order valence-electron chi connectivity index (χ3n) is 1.93. The van der Waals surface area contributed by atoms with E-state index in [1.807, 2.05) is 13.2 Å². The fraction of sp³-hybridized carbons (Fsp3) is 0.625. The minimum atomic E-state index is -0.131. The second-order valence-corrected chi connectivity index (χ2v) is 6.61. The van der Waals surface area contributed by atoms with Crippen LogP contribution in [0.4, 0.5) is 0 Å². The van der Waals surface area contributed by atoms with E-state index in [4.69, 9.17) is 4.74 Å². The number of aromatic nitrogens is 2. The molecule has 0 unspecified atom stereocenters. The quantitative estimate of drug-likeness (QED) is 0.614. The molecule has 1 aliphatic rings. The molecule has 82 valence electrons. The van der Waals surface area contributed by atoms with E-state index in [0.717, 1.165) is 15.1 Å². The van der Waals surface area contributed by atoms with E-state index in [2.05, 4.69) is 10.2 Å². The van der Waals surface area contributed by atoms with Gasteiger partial charge in [0, 0.05) is 6.42 Å². The van der Waals surface area contributed by atoms with Gasteiger partial charge in [-0.3, -0.25) is 4.79 Å². The molecular weight excluding hydrogens is 252 g/mol. The molecule has 2 heterocycles. The van der Waals surface area contributed by atoms with Gasteiger partial charge in [-0.1, -0.05) is 34.9 Å². The average Bonchev–Trinajstić information content (AvgIpc) is 2.75. The van der Waals surface area contributed by atoms with E-state index < -0.39 is 0 Å². The fourth-order valence-electron chi connectivity index (χ4n) is 1.27. The molecule has 0 bridgehead atoms. The maximum Gasteiger partial charge on any atom is 0.319 e. The predicted molar refractivity (Wildman–Crippen MR) is 61.5 cm³/mol. The van der Waals surface area contributed by atoms with Crippen LogP contribution in [0, 0.1) is 0 Å². The molecule has 1 aromatic rings. The molecule has 0 radical (unpaired) electrons. The molecule has 1 saturated heterocycles. The van der Waals surface area contributed by atoms with Crippen LogP contribution in [0.1, 0.15) is 13.3 Å². The van der Waals surface area contributed by atoms with Crippen LogP contribution < -0.4 is 0 Å². The van der Waals surface area contributed by atoms with E-state index in [9.17, 15) is 4.79 Å². The van der Waals surface area contributed by atoms with Crippen LogP contribution in [-0.4, -0.2) is 33.8 Å². The van der Waals surface area contributed by atoms with Crippen LogP contribution in [-0.2, 0) is 9.53 Å². The van der Waals surface area contributed by atoms with Crippen LogP contribution in [0.3, 0.4) is 0 Å². The Kier molecular flexibility index (Phi) is 3.53. The first-order valence-electron chi connectivity index (χ1n) is 4.43. The highest BCUT2D eigenvalue weighted by Crippen LogP contribution is 2.35. The Morgan fingerprint density at radius 3 is 2.73 bits per heavy atom. The lowest BCUT2D eigenvalue weighted by molar-refractivity contribution is -0.140. The Morgan fingerprint density at radius 2 is 2.20 bits per heavy atom. The van der Waals surface area contributed by atoms with Gasteiger partial charge in [-0.25, -0.2) is 0 Å². The number of cyclic esters (lactones) is 1. The molecule has 1 aliphatic heterocycles. The summed E-state index contributed by atoms with van der Waals surface area (Å²) in [6.07, 6.45) is 2.75. The predicted octanol–water partition coefficient (Wildman–Crippen LogP) is 2.06. The van der Waals surface area contributed by atoms with Crippen LogP contribution in [0.25, 0.3) is 0 Å². The number of nitrogens with zero attached hydrogens (tertiary/aromatic N) is 2. The van der Waals surface area contributed by atoms with Crippen molar-refractivity contribution >= 4 is 40.8 Å². The van der Waals surface area contributed by atoms with Crippen molar-refractivity contribution in [3.05, 3.63) is 0 Å². The zero-order chi connectivity index (χ0) is 10.8. The summed E-state index contributed by atoms with van der Waals surface area (Å²) in [5, 5.41) is 7.88. The molecule has 2 atom stereocenters. The van der Waals surface area contributed by atoms with Crippen molar-refractivity contribution in [1.82, 2.24) is 10.2 Å². The van der Waals surface area contributed by atoms with E-state index in [-0.39, 0.29) is 17.3 Å². The molecule has 0 aliphatic carbocycles. The van der Waals surface area contributed by atoms with Crippen molar-refractivity contribution in [1.29, 1.82) is 0 Å². The molecule has 0 amide bonds. The zero-order valence-corrected chi connectivity index (χ0v) is 10.7. The van der Waals surface area contributed by atoms with Gasteiger partial charge in [-0.05, 0) is 13.2 Å². The number of carbonyl (C=O) groups excluding carboxylic acids is 1. The SMILES string of the molecule is CSc1nnc(S[C@H]2C[C@H](C)OC2=O)s1. The second-order valence-electron chi connectivity index (χ2n) is 3.13. The van der Waals surface area contributed by atoms with Crippen molar-refractivity contribution < 1.29 is 9.53 Å². The minimum Gasteiger partial charge on any atom is -0.462 e. The first kappa shape index (κ1) is 11.2. The van der Waals surface area contributed by atoms with Crippen LogP contribution in [0.2, 0.25) is 0 Å². The van der Waals surface area contributed by atoms with Crippen molar-refractivity contribution in [2.45, 2.75) is 33.4 Å². The maximum absolute atomic E-state index is 11.4. The Morgan fingerprint density at radius 1 is 1.47 bits per heavy atom. The number of carbonyl (C=O) groups is 1. The van der Waals surface area contributed by atoms with Gasteiger partial charge >= 0.3 is 5.97 Å². The molecule has 7 heteroatoms. The molecule has 0 saturated carbocycles. The Bertz CT molecular complexity index is 369. The highest BCUT2D eigenvalue weighted by atomic mass is 32.2. The minimum absolute atomic E-state index is 0.0305. The number of ether oxygens (including phenoxy) is 1. The number of hydrogen-bond acceptors (Lipinski definition) is 7.